The Kier molecular flexibility index (Phi) is 5.91. The fourth-order valence-corrected chi connectivity index (χ4v) is 4.59. The van der Waals surface area contributed by atoms with E-state index in [-0.39, 0.29) is 18.4 Å². The van der Waals surface area contributed by atoms with Crippen molar-refractivity contribution in [1.82, 2.24) is 4.57 Å². The molecule has 1 aromatic heterocycles. The first-order valence-corrected chi connectivity index (χ1v) is 9.65. The van der Waals surface area contributed by atoms with Gasteiger partial charge in [-0.3, -0.25) is 0 Å². The summed E-state index contributed by atoms with van der Waals surface area (Å²) in [5, 5.41) is 13.3. The third kappa shape index (κ3) is 3.24. The lowest BCUT2D eigenvalue weighted by Crippen LogP contribution is -2.34. The van der Waals surface area contributed by atoms with Gasteiger partial charge < -0.3 is 15.4 Å². The molecule has 4 rings (SSSR count). The van der Waals surface area contributed by atoms with Crippen LogP contribution in [0.4, 0.5) is 0 Å². The number of nitrogens with zero attached hydrogens (tertiary/aromatic N) is 1. The van der Waals surface area contributed by atoms with Crippen molar-refractivity contribution < 1.29 is 5.11 Å². The van der Waals surface area contributed by atoms with Crippen molar-refractivity contribution in [3.05, 3.63) is 48.0 Å². The number of fused-ring (bicyclic) bond motifs is 3. The highest BCUT2D eigenvalue weighted by Crippen LogP contribution is 2.34. The fraction of sp³-hybridized carbons (Fsp3) is 0.455. The van der Waals surface area contributed by atoms with Crippen LogP contribution < -0.4 is 5.73 Å². The second kappa shape index (κ2) is 7.99. The Bertz CT molecular complexity index is 882. The van der Waals surface area contributed by atoms with E-state index in [1.165, 1.54) is 41.1 Å². The molecular formula is C22H29ClN2O. The largest absolute Gasteiger partial charge is 0.391 e. The van der Waals surface area contributed by atoms with E-state index in [0.29, 0.717) is 5.92 Å². The van der Waals surface area contributed by atoms with Crippen LogP contribution in [-0.2, 0) is 6.54 Å². The summed E-state index contributed by atoms with van der Waals surface area (Å²) in [5.41, 5.74) is 10.0. The molecule has 0 amide bonds. The number of hydrogen-bond donors (Lipinski definition) is 2. The number of aryl methyl sites for hydroxylation is 1. The monoisotopic (exact) mass is 372 g/mol. The average Bonchev–Trinajstić information content (AvgIpc) is 3.00. The first-order chi connectivity index (χ1) is 12.2. The Labute approximate surface area is 161 Å². The van der Waals surface area contributed by atoms with Crippen molar-refractivity contribution in [1.29, 1.82) is 0 Å². The van der Waals surface area contributed by atoms with Crippen LogP contribution in [0.3, 0.4) is 0 Å². The van der Waals surface area contributed by atoms with Crippen LogP contribution in [0.5, 0.6) is 0 Å². The van der Waals surface area contributed by atoms with Crippen molar-refractivity contribution in [2.24, 2.45) is 11.7 Å². The van der Waals surface area contributed by atoms with Gasteiger partial charge in [0.05, 0.1) is 12.1 Å². The summed E-state index contributed by atoms with van der Waals surface area (Å²) < 4.78 is 2.34. The minimum atomic E-state index is -0.447. The number of para-hydroxylation sites is 1. The SMILES string of the molecule is CCn1c2ccccc2c2cc([C@H](N)[C@H](O)C3CCCCC3)ccc21.Cl. The van der Waals surface area contributed by atoms with Gasteiger partial charge in [0.25, 0.3) is 0 Å². The summed E-state index contributed by atoms with van der Waals surface area (Å²) in [6, 6.07) is 14.7. The maximum absolute atomic E-state index is 10.8. The highest BCUT2D eigenvalue weighted by molar-refractivity contribution is 6.08. The molecule has 2 atom stereocenters. The summed E-state index contributed by atoms with van der Waals surface area (Å²) in [6.07, 6.45) is 5.49. The molecule has 0 spiro atoms. The van der Waals surface area contributed by atoms with Gasteiger partial charge in [-0.2, -0.15) is 0 Å². The van der Waals surface area contributed by atoms with Gasteiger partial charge in [-0.1, -0.05) is 43.5 Å². The quantitative estimate of drug-likeness (QED) is 0.663. The number of halogens is 1. The van der Waals surface area contributed by atoms with Crippen LogP contribution in [0.15, 0.2) is 42.5 Å². The molecule has 140 valence electrons. The number of aliphatic hydroxyl groups excluding tert-OH is 1. The standard InChI is InChI=1S/C22H28N2O.ClH/c1-2-24-19-11-7-6-10-17(19)18-14-16(12-13-20(18)24)21(23)22(25)15-8-4-3-5-9-15;/h6-7,10-15,21-22,25H,2-5,8-9,23H2,1H3;1H/t21-,22+;/m0./s1. The molecule has 0 saturated heterocycles. The van der Waals surface area contributed by atoms with Crippen LogP contribution in [0.1, 0.15) is 50.6 Å². The van der Waals surface area contributed by atoms with Gasteiger partial charge >= 0.3 is 0 Å². The number of hydrogen-bond acceptors (Lipinski definition) is 2. The zero-order valence-electron chi connectivity index (χ0n) is 15.4. The van der Waals surface area contributed by atoms with Crippen LogP contribution in [0.25, 0.3) is 21.8 Å². The molecule has 3 aromatic rings. The van der Waals surface area contributed by atoms with E-state index >= 15 is 0 Å². The van der Waals surface area contributed by atoms with E-state index in [9.17, 15) is 5.11 Å². The first-order valence-electron chi connectivity index (χ1n) is 9.65. The Hall–Kier alpha value is -1.55. The molecule has 3 nitrogen and oxygen atoms in total. The molecule has 0 radical (unpaired) electrons. The van der Waals surface area contributed by atoms with E-state index in [1.54, 1.807) is 0 Å². The molecule has 1 fully saturated rings. The zero-order valence-corrected chi connectivity index (χ0v) is 16.2. The summed E-state index contributed by atoms with van der Waals surface area (Å²) in [4.78, 5) is 0. The lowest BCUT2D eigenvalue weighted by Gasteiger charge is -2.30. The smallest absolute Gasteiger partial charge is 0.0760 e. The molecule has 3 N–H and O–H groups in total. The molecule has 2 aromatic carbocycles. The molecule has 4 heteroatoms. The van der Waals surface area contributed by atoms with Crippen molar-refractivity contribution in [2.45, 2.75) is 57.7 Å². The zero-order chi connectivity index (χ0) is 17.4. The molecule has 0 aliphatic heterocycles. The fourth-order valence-electron chi connectivity index (χ4n) is 4.59. The minimum Gasteiger partial charge on any atom is -0.391 e. The number of rotatable bonds is 4. The second-order valence-electron chi connectivity index (χ2n) is 7.45. The van der Waals surface area contributed by atoms with Crippen molar-refractivity contribution in [3.8, 4) is 0 Å². The molecule has 0 unspecified atom stereocenters. The number of benzene rings is 2. The van der Waals surface area contributed by atoms with Gasteiger partial charge in [-0.15, -0.1) is 12.4 Å². The Balaban J connectivity index is 0.00000196. The van der Waals surface area contributed by atoms with E-state index in [0.717, 1.165) is 24.9 Å². The van der Waals surface area contributed by atoms with Crippen molar-refractivity contribution in [2.75, 3.05) is 0 Å². The first kappa shape index (κ1) is 19.2. The second-order valence-corrected chi connectivity index (χ2v) is 7.45. The third-order valence-corrected chi connectivity index (χ3v) is 6.00. The molecule has 1 aliphatic rings. The van der Waals surface area contributed by atoms with Gasteiger partial charge in [0.2, 0.25) is 0 Å². The van der Waals surface area contributed by atoms with E-state index in [4.69, 9.17) is 5.73 Å². The van der Waals surface area contributed by atoms with Crippen molar-refractivity contribution >= 4 is 34.2 Å². The topological polar surface area (TPSA) is 51.2 Å². The van der Waals surface area contributed by atoms with Gasteiger partial charge in [0.15, 0.2) is 0 Å². The predicted molar refractivity (Wildman–Crippen MR) is 112 cm³/mol. The van der Waals surface area contributed by atoms with Gasteiger partial charge in [-0.25, -0.2) is 0 Å². The van der Waals surface area contributed by atoms with Crippen LogP contribution in [-0.4, -0.2) is 15.8 Å². The van der Waals surface area contributed by atoms with E-state index < -0.39 is 6.10 Å². The third-order valence-electron chi connectivity index (χ3n) is 6.00. The maximum atomic E-state index is 10.8. The summed E-state index contributed by atoms with van der Waals surface area (Å²) >= 11 is 0. The number of nitrogens with two attached hydrogens (primary N) is 1. The summed E-state index contributed by atoms with van der Waals surface area (Å²) in [7, 11) is 0. The molecular weight excluding hydrogens is 344 g/mol. The Morgan fingerprint density at radius 1 is 1.04 bits per heavy atom. The lowest BCUT2D eigenvalue weighted by atomic mass is 9.81. The number of aromatic nitrogens is 1. The highest BCUT2D eigenvalue weighted by atomic mass is 35.5. The highest BCUT2D eigenvalue weighted by Gasteiger charge is 2.28. The van der Waals surface area contributed by atoms with Crippen LogP contribution >= 0.6 is 12.4 Å². The summed E-state index contributed by atoms with van der Waals surface area (Å²) in [6.45, 7) is 3.12. The Morgan fingerprint density at radius 2 is 1.73 bits per heavy atom. The lowest BCUT2D eigenvalue weighted by molar-refractivity contribution is 0.0618. The molecule has 0 bridgehead atoms. The van der Waals surface area contributed by atoms with E-state index in [1.807, 2.05) is 0 Å². The molecule has 1 saturated carbocycles. The van der Waals surface area contributed by atoms with E-state index in [2.05, 4.69) is 54.0 Å². The van der Waals surface area contributed by atoms with Gasteiger partial charge in [0.1, 0.15) is 0 Å². The maximum Gasteiger partial charge on any atom is 0.0760 e. The summed E-state index contributed by atoms with van der Waals surface area (Å²) in [5.74, 6) is 0.344. The number of aliphatic hydroxyl groups is 1. The van der Waals surface area contributed by atoms with Crippen molar-refractivity contribution in [3.63, 3.8) is 0 Å². The Morgan fingerprint density at radius 3 is 2.46 bits per heavy atom. The van der Waals surface area contributed by atoms with Gasteiger partial charge in [-0.05, 0) is 49.4 Å². The average molecular weight is 373 g/mol. The molecule has 1 heterocycles. The normalized spacial score (nSPS) is 18.0. The molecule has 1 aliphatic carbocycles. The molecule has 26 heavy (non-hydrogen) atoms. The van der Waals surface area contributed by atoms with Crippen LogP contribution in [0.2, 0.25) is 0 Å². The predicted octanol–water partition coefficient (Wildman–Crippen LogP) is 5.18. The van der Waals surface area contributed by atoms with Gasteiger partial charge in [0, 0.05) is 28.4 Å². The van der Waals surface area contributed by atoms with Crippen LogP contribution in [0, 0.1) is 5.92 Å². The minimum absolute atomic E-state index is 0.